The van der Waals surface area contributed by atoms with Gasteiger partial charge in [0.15, 0.2) is 0 Å². The summed E-state index contributed by atoms with van der Waals surface area (Å²) in [4.78, 5) is 25.4. The highest BCUT2D eigenvalue weighted by atomic mass is 16.2. The summed E-state index contributed by atoms with van der Waals surface area (Å²) in [5.74, 6) is -0.0449. The van der Waals surface area contributed by atoms with Crippen molar-refractivity contribution in [1.82, 2.24) is 20.0 Å². The molecule has 3 heterocycles. The van der Waals surface area contributed by atoms with Crippen molar-refractivity contribution in [1.29, 1.82) is 0 Å². The molecule has 2 saturated heterocycles. The first-order valence-corrected chi connectivity index (χ1v) is 6.15. The number of nitrogens with zero attached hydrogens (tertiary/aromatic N) is 3. The number of likely N-dealkylation sites (tertiary alicyclic amines) is 1. The summed E-state index contributed by atoms with van der Waals surface area (Å²) < 4.78 is 1.70. The molecule has 6 heteroatoms. The fraction of sp³-hybridized carbons (Fsp3) is 0.583. The minimum absolute atomic E-state index is 0.0204. The van der Waals surface area contributed by atoms with Crippen LogP contribution in [0.5, 0.6) is 0 Å². The van der Waals surface area contributed by atoms with E-state index in [1.165, 1.54) is 0 Å². The monoisotopic (exact) mass is 248 g/mol. The topological polar surface area (TPSA) is 67.2 Å². The number of rotatable bonds is 2. The van der Waals surface area contributed by atoms with E-state index in [0.717, 1.165) is 17.8 Å². The van der Waals surface area contributed by atoms with E-state index in [1.54, 1.807) is 9.58 Å². The molecule has 0 unspecified atom stereocenters. The van der Waals surface area contributed by atoms with Gasteiger partial charge >= 0.3 is 0 Å². The van der Waals surface area contributed by atoms with Crippen LogP contribution in [0.2, 0.25) is 0 Å². The van der Waals surface area contributed by atoms with Gasteiger partial charge in [-0.1, -0.05) is 0 Å². The predicted octanol–water partition coefficient (Wildman–Crippen LogP) is -0.401. The Balaban J connectivity index is 1.73. The zero-order valence-corrected chi connectivity index (χ0v) is 10.5. The molecule has 2 fully saturated rings. The molecule has 2 amide bonds. The van der Waals surface area contributed by atoms with Gasteiger partial charge < -0.3 is 10.2 Å². The van der Waals surface area contributed by atoms with E-state index < -0.39 is 0 Å². The number of amides is 2. The number of aryl methyl sites for hydroxylation is 2. The molecule has 2 atom stereocenters. The van der Waals surface area contributed by atoms with Crippen molar-refractivity contribution in [3.8, 4) is 0 Å². The Morgan fingerprint density at radius 2 is 2.33 bits per heavy atom. The second kappa shape index (κ2) is 3.83. The molecule has 96 valence electrons. The highest BCUT2D eigenvalue weighted by Gasteiger charge is 2.45. The first kappa shape index (κ1) is 11.3. The number of fused-ring (bicyclic) bond motifs is 2. The van der Waals surface area contributed by atoms with Crippen LogP contribution in [-0.2, 0) is 16.1 Å². The molecule has 0 saturated carbocycles. The number of aromatic nitrogens is 2. The van der Waals surface area contributed by atoms with Crippen LogP contribution >= 0.6 is 0 Å². The average molecular weight is 248 g/mol. The summed E-state index contributed by atoms with van der Waals surface area (Å²) in [6.07, 6.45) is 0.752. The SMILES string of the molecule is Cc1cc(C)n(CC(=O)N2C[C@@H]3C[C@H]2C(=O)N3)n1. The van der Waals surface area contributed by atoms with Gasteiger partial charge in [-0.05, 0) is 26.3 Å². The van der Waals surface area contributed by atoms with Crippen molar-refractivity contribution in [2.45, 2.75) is 38.9 Å². The van der Waals surface area contributed by atoms with Crippen LogP contribution in [0, 0.1) is 13.8 Å². The summed E-state index contributed by atoms with van der Waals surface area (Å²) in [5, 5.41) is 7.13. The standard InChI is InChI=1S/C12H16N4O2/c1-7-3-8(2)16(14-7)6-11(17)15-5-9-4-10(15)12(18)13-9/h3,9-10H,4-6H2,1-2H3,(H,13,18)/t9-,10-/m0/s1. The third-order valence-electron chi connectivity index (χ3n) is 3.66. The molecular formula is C12H16N4O2. The van der Waals surface area contributed by atoms with Gasteiger partial charge in [0.25, 0.3) is 0 Å². The van der Waals surface area contributed by atoms with Gasteiger partial charge in [0.2, 0.25) is 11.8 Å². The lowest BCUT2D eigenvalue weighted by Gasteiger charge is -2.26. The fourth-order valence-corrected chi connectivity index (χ4v) is 2.82. The molecule has 1 aromatic rings. The first-order chi connectivity index (χ1) is 8.54. The maximum atomic E-state index is 12.2. The molecule has 2 aliphatic heterocycles. The lowest BCUT2D eigenvalue weighted by Crippen LogP contribution is -2.51. The fourth-order valence-electron chi connectivity index (χ4n) is 2.82. The number of hydrogen-bond donors (Lipinski definition) is 1. The molecule has 2 aliphatic rings. The maximum Gasteiger partial charge on any atom is 0.245 e. The maximum absolute atomic E-state index is 12.2. The van der Waals surface area contributed by atoms with Crippen LogP contribution in [0.25, 0.3) is 0 Å². The smallest absolute Gasteiger partial charge is 0.245 e. The van der Waals surface area contributed by atoms with Gasteiger partial charge in [-0.15, -0.1) is 0 Å². The Bertz CT molecular complexity index is 522. The van der Waals surface area contributed by atoms with E-state index in [9.17, 15) is 9.59 Å². The molecule has 1 aromatic heterocycles. The first-order valence-electron chi connectivity index (χ1n) is 6.15. The molecule has 0 spiro atoms. The Morgan fingerprint density at radius 1 is 1.56 bits per heavy atom. The normalized spacial score (nSPS) is 25.7. The zero-order chi connectivity index (χ0) is 12.9. The summed E-state index contributed by atoms with van der Waals surface area (Å²) in [6, 6.07) is 1.82. The van der Waals surface area contributed by atoms with Crippen molar-refractivity contribution in [3.63, 3.8) is 0 Å². The van der Waals surface area contributed by atoms with Gasteiger partial charge in [0, 0.05) is 18.3 Å². The Kier molecular flexibility index (Phi) is 2.39. The molecule has 3 rings (SSSR count). The summed E-state index contributed by atoms with van der Waals surface area (Å²) in [6.45, 7) is 4.68. The molecule has 18 heavy (non-hydrogen) atoms. The van der Waals surface area contributed by atoms with E-state index in [2.05, 4.69) is 10.4 Å². The number of nitrogens with one attached hydrogen (secondary N) is 1. The number of carbonyl (C=O) groups is 2. The minimum atomic E-state index is -0.264. The second-order valence-electron chi connectivity index (χ2n) is 5.09. The highest BCUT2D eigenvalue weighted by Crippen LogP contribution is 2.24. The summed E-state index contributed by atoms with van der Waals surface area (Å²) in [7, 11) is 0. The van der Waals surface area contributed by atoms with E-state index in [1.807, 2.05) is 19.9 Å². The Morgan fingerprint density at radius 3 is 2.89 bits per heavy atom. The molecule has 6 nitrogen and oxygen atoms in total. The van der Waals surface area contributed by atoms with Gasteiger partial charge in [0.05, 0.1) is 5.69 Å². The molecular weight excluding hydrogens is 232 g/mol. The average Bonchev–Trinajstić information content (AvgIpc) is 2.93. The third kappa shape index (κ3) is 1.68. The second-order valence-corrected chi connectivity index (χ2v) is 5.09. The van der Waals surface area contributed by atoms with Crippen LogP contribution in [0.4, 0.5) is 0 Å². The lowest BCUT2D eigenvalue weighted by molar-refractivity contribution is -0.140. The van der Waals surface area contributed by atoms with Crippen LogP contribution in [0.15, 0.2) is 6.07 Å². The number of carbonyl (C=O) groups excluding carboxylic acids is 2. The van der Waals surface area contributed by atoms with Crippen LogP contribution in [-0.4, -0.2) is 45.1 Å². The van der Waals surface area contributed by atoms with Crippen molar-refractivity contribution in [3.05, 3.63) is 17.5 Å². The number of hydrogen-bond acceptors (Lipinski definition) is 3. The highest BCUT2D eigenvalue weighted by molar-refractivity contribution is 5.91. The van der Waals surface area contributed by atoms with Crippen LogP contribution in [0.3, 0.4) is 0 Å². The summed E-state index contributed by atoms with van der Waals surface area (Å²) >= 11 is 0. The number of piperazine rings is 1. The Hall–Kier alpha value is -1.85. The molecule has 1 N–H and O–H groups in total. The molecule has 0 radical (unpaired) electrons. The van der Waals surface area contributed by atoms with Gasteiger partial charge in [-0.2, -0.15) is 5.10 Å². The van der Waals surface area contributed by atoms with Crippen LogP contribution < -0.4 is 5.32 Å². The van der Waals surface area contributed by atoms with E-state index in [0.29, 0.717) is 6.54 Å². The molecule has 2 bridgehead atoms. The Labute approximate surface area is 105 Å². The minimum Gasteiger partial charge on any atom is -0.350 e. The summed E-state index contributed by atoms with van der Waals surface area (Å²) in [5.41, 5.74) is 1.87. The van der Waals surface area contributed by atoms with Gasteiger partial charge in [-0.25, -0.2) is 0 Å². The van der Waals surface area contributed by atoms with Gasteiger partial charge in [-0.3, -0.25) is 14.3 Å². The van der Waals surface area contributed by atoms with Crippen molar-refractivity contribution >= 4 is 11.8 Å². The van der Waals surface area contributed by atoms with E-state index in [-0.39, 0.29) is 30.4 Å². The third-order valence-corrected chi connectivity index (χ3v) is 3.66. The predicted molar refractivity (Wildman–Crippen MR) is 63.7 cm³/mol. The van der Waals surface area contributed by atoms with Crippen LogP contribution in [0.1, 0.15) is 17.8 Å². The zero-order valence-electron chi connectivity index (χ0n) is 10.5. The molecule has 0 aliphatic carbocycles. The van der Waals surface area contributed by atoms with Gasteiger partial charge in [0.1, 0.15) is 12.6 Å². The van der Waals surface area contributed by atoms with Crippen molar-refractivity contribution in [2.75, 3.05) is 6.54 Å². The largest absolute Gasteiger partial charge is 0.350 e. The van der Waals surface area contributed by atoms with E-state index in [4.69, 9.17) is 0 Å². The quantitative estimate of drug-likeness (QED) is 0.774. The lowest BCUT2D eigenvalue weighted by atomic mass is 10.2. The van der Waals surface area contributed by atoms with E-state index >= 15 is 0 Å². The van der Waals surface area contributed by atoms with Crippen molar-refractivity contribution in [2.24, 2.45) is 0 Å². The van der Waals surface area contributed by atoms with Crippen molar-refractivity contribution < 1.29 is 9.59 Å². The molecule has 0 aromatic carbocycles.